The predicted molar refractivity (Wildman–Crippen MR) is 243 cm³/mol. The zero-order valence-corrected chi connectivity index (χ0v) is 31.6. The molecule has 1 heterocycles. The first-order chi connectivity index (χ1) is 28.7. The van der Waals surface area contributed by atoms with E-state index in [-0.39, 0.29) is 0 Å². The summed E-state index contributed by atoms with van der Waals surface area (Å²) < 4.78 is 6.46. The Hall–Kier alpha value is -7.75. The Bertz CT molecular complexity index is 3120. The molecular weight excluding hydrogens is 705 g/mol. The van der Waals surface area contributed by atoms with E-state index in [9.17, 15) is 0 Å². The van der Waals surface area contributed by atoms with Crippen LogP contribution in [0.15, 0.2) is 223 Å². The van der Waals surface area contributed by atoms with Gasteiger partial charge in [0, 0.05) is 22.3 Å². The Morgan fingerprint density at radius 2 is 0.776 bits per heavy atom. The molecule has 0 aliphatic heterocycles. The van der Waals surface area contributed by atoms with Gasteiger partial charge in [-0.25, -0.2) is 4.98 Å². The molecule has 0 N–H and O–H groups in total. The molecule has 0 aliphatic rings. The number of rotatable bonds is 7. The maximum absolute atomic E-state index is 6.46. The highest BCUT2D eigenvalue weighted by atomic mass is 16.3. The van der Waals surface area contributed by atoms with Crippen LogP contribution in [-0.2, 0) is 0 Å². The average Bonchev–Trinajstić information content (AvgIpc) is 3.71. The Labute approximate surface area is 336 Å². The van der Waals surface area contributed by atoms with Crippen molar-refractivity contribution in [2.75, 3.05) is 4.90 Å². The highest BCUT2D eigenvalue weighted by molar-refractivity contribution is 6.12. The van der Waals surface area contributed by atoms with Gasteiger partial charge < -0.3 is 9.32 Å². The van der Waals surface area contributed by atoms with Crippen LogP contribution < -0.4 is 4.90 Å². The van der Waals surface area contributed by atoms with Crippen LogP contribution in [0.1, 0.15) is 0 Å². The molecule has 0 fully saturated rings. The van der Waals surface area contributed by atoms with E-state index in [0.29, 0.717) is 5.89 Å². The van der Waals surface area contributed by atoms with Crippen molar-refractivity contribution < 1.29 is 4.42 Å². The normalized spacial score (nSPS) is 11.4. The second kappa shape index (κ2) is 14.1. The monoisotopic (exact) mass is 740 g/mol. The van der Waals surface area contributed by atoms with Crippen molar-refractivity contribution in [2.24, 2.45) is 0 Å². The van der Waals surface area contributed by atoms with Gasteiger partial charge in [0.1, 0.15) is 5.52 Å². The molecule has 0 saturated heterocycles. The number of oxazole rings is 1. The van der Waals surface area contributed by atoms with Gasteiger partial charge in [-0.05, 0) is 109 Å². The van der Waals surface area contributed by atoms with Crippen LogP contribution in [0.2, 0.25) is 0 Å². The lowest BCUT2D eigenvalue weighted by Gasteiger charge is -2.28. The van der Waals surface area contributed by atoms with E-state index in [2.05, 4.69) is 223 Å². The molecule has 3 heteroatoms. The molecule has 0 radical (unpaired) electrons. The maximum Gasteiger partial charge on any atom is 0.227 e. The number of hydrogen-bond donors (Lipinski definition) is 0. The summed E-state index contributed by atoms with van der Waals surface area (Å²) in [6, 6.07) is 77.8. The maximum atomic E-state index is 6.46. The van der Waals surface area contributed by atoms with Crippen LogP contribution in [0.3, 0.4) is 0 Å². The second-order valence-electron chi connectivity index (χ2n) is 14.7. The Morgan fingerprint density at radius 3 is 1.36 bits per heavy atom. The van der Waals surface area contributed by atoms with Gasteiger partial charge in [-0.3, -0.25) is 0 Å². The fourth-order valence-corrected chi connectivity index (χ4v) is 8.46. The third-order valence-electron chi connectivity index (χ3n) is 11.3. The van der Waals surface area contributed by atoms with E-state index in [0.717, 1.165) is 60.8 Å². The first-order valence-electron chi connectivity index (χ1n) is 19.7. The van der Waals surface area contributed by atoms with Gasteiger partial charge in [0.05, 0.1) is 5.69 Å². The number of benzene rings is 10. The lowest BCUT2D eigenvalue weighted by molar-refractivity contribution is 0.621. The van der Waals surface area contributed by atoms with Crippen molar-refractivity contribution >= 4 is 60.5 Å². The summed E-state index contributed by atoms with van der Waals surface area (Å²) in [6.07, 6.45) is 0. The van der Waals surface area contributed by atoms with Gasteiger partial charge in [-0.1, -0.05) is 170 Å². The van der Waals surface area contributed by atoms with E-state index in [1.807, 2.05) is 0 Å². The van der Waals surface area contributed by atoms with Crippen molar-refractivity contribution in [3.05, 3.63) is 218 Å². The lowest BCUT2D eigenvalue weighted by Crippen LogP contribution is -2.10. The molecule has 0 unspecified atom stereocenters. The molecule has 1 aromatic heterocycles. The smallest absolute Gasteiger partial charge is 0.227 e. The number of aromatic nitrogens is 1. The lowest BCUT2D eigenvalue weighted by atomic mass is 9.91. The van der Waals surface area contributed by atoms with Crippen LogP contribution in [0.5, 0.6) is 0 Å². The van der Waals surface area contributed by atoms with Crippen LogP contribution in [-0.4, -0.2) is 4.98 Å². The minimum absolute atomic E-state index is 0.625. The molecule has 11 aromatic rings. The molecule has 0 saturated carbocycles. The summed E-state index contributed by atoms with van der Waals surface area (Å²) in [6.45, 7) is 0. The molecule has 3 nitrogen and oxygen atoms in total. The van der Waals surface area contributed by atoms with Gasteiger partial charge in [0.2, 0.25) is 5.89 Å². The average molecular weight is 741 g/mol. The topological polar surface area (TPSA) is 29.3 Å². The molecule has 0 bridgehead atoms. The summed E-state index contributed by atoms with van der Waals surface area (Å²) in [4.78, 5) is 7.38. The highest BCUT2D eigenvalue weighted by Crippen LogP contribution is 2.45. The Kier molecular flexibility index (Phi) is 8.15. The number of hydrogen-bond acceptors (Lipinski definition) is 3. The Balaban J connectivity index is 1.05. The van der Waals surface area contributed by atoms with E-state index >= 15 is 0 Å². The van der Waals surface area contributed by atoms with E-state index in [4.69, 9.17) is 9.40 Å². The van der Waals surface area contributed by atoms with E-state index in [1.165, 1.54) is 38.6 Å². The molecule has 10 aromatic carbocycles. The summed E-state index contributed by atoms with van der Waals surface area (Å²) in [5.74, 6) is 0.625. The van der Waals surface area contributed by atoms with Crippen LogP contribution in [0, 0.1) is 0 Å². The van der Waals surface area contributed by atoms with Gasteiger partial charge in [-0.2, -0.15) is 0 Å². The van der Waals surface area contributed by atoms with Gasteiger partial charge in [-0.15, -0.1) is 0 Å². The van der Waals surface area contributed by atoms with Crippen molar-refractivity contribution in [3.8, 4) is 44.8 Å². The van der Waals surface area contributed by atoms with Gasteiger partial charge in [0.25, 0.3) is 0 Å². The zero-order valence-electron chi connectivity index (χ0n) is 31.6. The zero-order chi connectivity index (χ0) is 38.4. The first kappa shape index (κ1) is 33.6. The minimum atomic E-state index is 0.625. The van der Waals surface area contributed by atoms with Crippen molar-refractivity contribution in [2.45, 2.75) is 0 Å². The fourth-order valence-electron chi connectivity index (χ4n) is 8.46. The van der Waals surface area contributed by atoms with E-state index in [1.54, 1.807) is 0 Å². The molecule has 272 valence electrons. The summed E-state index contributed by atoms with van der Waals surface area (Å²) in [5.41, 5.74) is 13.0. The number of fused-ring (bicyclic) bond motifs is 4. The third kappa shape index (κ3) is 5.89. The molecule has 0 aliphatic carbocycles. The SMILES string of the molecule is c1ccc(-c2ccc(N(c3ccc(-c4ccccc4)cc3)c3ccc(-c4ccc(-c5nc6cc7ccccc7cc6o5)c5ccccc45)c4ccccc34)cc2)cc1. The number of anilines is 3. The fraction of sp³-hybridized carbons (Fsp3) is 0. The molecular formula is C55H36N2O. The highest BCUT2D eigenvalue weighted by Gasteiger charge is 2.20. The Morgan fingerprint density at radius 1 is 0.345 bits per heavy atom. The summed E-state index contributed by atoms with van der Waals surface area (Å²) >= 11 is 0. The summed E-state index contributed by atoms with van der Waals surface area (Å²) in [7, 11) is 0. The molecule has 0 atom stereocenters. The minimum Gasteiger partial charge on any atom is -0.436 e. The standard InChI is InChI=1S/C55H36N2O/c1-3-13-37(14-4-1)39-23-27-43(28-24-39)57(44-29-25-40(26-30-44)38-15-5-2-6-16-38)53-34-33-49(46-20-11-12-22-50(46)53)48-31-32-51(47-21-10-9-19-45(47)48)55-56-52-35-41-17-7-8-18-42(41)36-54(52)58-55/h1-36H. The summed E-state index contributed by atoms with van der Waals surface area (Å²) in [5, 5.41) is 6.88. The quantitative estimate of drug-likeness (QED) is 0.163. The van der Waals surface area contributed by atoms with Crippen LogP contribution >= 0.6 is 0 Å². The van der Waals surface area contributed by atoms with Crippen LogP contribution in [0.25, 0.3) is 88.3 Å². The van der Waals surface area contributed by atoms with Crippen molar-refractivity contribution in [1.82, 2.24) is 4.98 Å². The predicted octanol–water partition coefficient (Wildman–Crippen LogP) is 15.4. The van der Waals surface area contributed by atoms with Crippen molar-refractivity contribution in [3.63, 3.8) is 0 Å². The molecule has 58 heavy (non-hydrogen) atoms. The molecule has 0 amide bonds. The van der Waals surface area contributed by atoms with Crippen molar-refractivity contribution in [1.29, 1.82) is 0 Å². The third-order valence-corrected chi connectivity index (χ3v) is 11.3. The number of nitrogens with zero attached hydrogens (tertiary/aromatic N) is 2. The van der Waals surface area contributed by atoms with E-state index < -0.39 is 0 Å². The largest absolute Gasteiger partial charge is 0.436 e. The second-order valence-corrected chi connectivity index (χ2v) is 14.7. The van der Waals surface area contributed by atoms with Crippen LogP contribution in [0.4, 0.5) is 17.1 Å². The first-order valence-corrected chi connectivity index (χ1v) is 19.7. The van der Waals surface area contributed by atoms with Gasteiger partial charge >= 0.3 is 0 Å². The molecule has 11 rings (SSSR count). The van der Waals surface area contributed by atoms with Gasteiger partial charge in [0.15, 0.2) is 5.58 Å². The molecule has 0 spiro atoms.